The van der Waals surface area contributed by atoms with Crippen molar-refractivity contribution in [1.29, 1.82) is 0 Å². The summed E-state index contributed by atoms with van der Waals surface area (Å²) < 4.78 is 0.619. The van der Waals surface area contributed by atoms with Crippen molar-refractivity contribution in [2.45, 2.75) is 0 Å². The van der Waals surface area contributed by atoms with Gasteiger partial charge >= 0.3 is 0 Å². The Morgan fingerprint density at radius 2 is 2.14 bits per heavy atom. The van der Waals surface area contributed by atoms with Crippen LogP contribution in [-0.2, 0) is 0 Å². The van der Waals surface area contributed by atoms with E-state index in [9.17, 15) is 9.90 Å². The topological polar surface area (TPSA) is 53.1 Å². The Labute approximate surface area is 92.5 Å². The average Bonchev–Trinajstić information content (AvgIpc) is 2.15. The molecule has 1 aromatic heterocycles. The standard InChI is InChI=1S/C9H5BrClNO2/c10-7-5(11)2-1-4-3-6(13)9(14)12-8(4)7/h1-3,13H,(H,12,14). The van der Waals surface area contributed by atoms with E-state index in [2.05, 4.69) is 20.9 Å². The van der Waals surface area contributed by atoms with Crippen molar-refractivity contribution in [3.63, 3.8) is 0 Å². The summed E-state index contributed by atoms with van der Waals surface area (Å²) in [6.07, 6.45) is 0. The van der Waals surface area contributed by atoms with Gasteiger partial charge in [-0.3, -0.25) is 4.79 Å². The Morgan fingerprint density at radius 3 is 2.86 bits per heavy atom. The van der Waals surface area contributed by atoms with Crippen LogP contribution in [0.15, 0.2) is 27.5 Å². The predicted molar refractivity (Wildman–Crippen MR) is 58.9 cm³/mol. The largest absolute Gasteiger partial charge is 0.503 e. The lowest BCUT2D eigenvalue weighted by atomic mass is 10.2. The highest BCUT2D eigenvalue weighted by molar-refractivity contribution is 9.10. The number of aromatic amines is 1. The number of aromatic nitrogens is 1. The quantitative estimate of drug-likeness (QED) is 0.776. The maximum absolute atomic E-state index is 11.1. The number of benzene rings is 1. The lowest BCUT2D eigenvalue weighted by Gasteiger charge is -2.02. The van der Waals surface area contributed by atoms with Gasteiger partial charge in [-0.05, 0) is 28.1 Å². The fourth-order valence-corrected chi connectivity index (χ4v) is 1.82. The Balaban J connectivity index is 2.97. The molecule has 2 rings (SSSR count). The first-order valence-corrected chi connectivity index (χ1v) is 4.96. The zero-order valence-electron chi connectivity index (χ0n) is 6.84. The molecular weight excluding hydrogens is 269 g/mol. The number of halogens is 2. The van der Waals surface area contributed by atoms with Crippen molar-refractivity contribution >= 4 is 38.4 Å². The summed E-state index contributed by atoms with van der Waals surface area (Å²) in [5.74, 6) is -0.299. The van der Waals surface area contributed by atoms with E-state index in [0.29, 0.717) is 15.0 Å². The molecule has 0 saturated heterocycles. The first-order chi connectivity index (χ1) is 6.59. The molecule has 0 aliphatic carbocycles. The van der Waals surface area contributed by atoms with Crippen LogP contribution in [0.2, 0.25) is 5.02 Å². The summed E-state index contributed by atoms with van der Waals surface area (Å²) in [4.78, 5) is 13.7. The Hall–Kier alpha value is -1.00. The summed E-state index contributed by atoms with van der Waals surface area (Å²) in [5.41, 5.74) is 0.0563. The van der Waals surface area contributed by atoms with Crippen LogP contribution in [0.5, 0.6) is 5.75 Å². The molecule has 3 nitrogen and oxygen atoms in total. The Morgan fingerprint density at radius 1 is 1.43 bits per heavy atom. The smallest absolute Gasteiger partial charge is 0.290 e. The van der Waals surface area contributed by atoms with E-state index in [1.807, 2.05) is 0 Å². The second-order valence-corrected chi connectivity index (χ2v) is 4.01. The highest BCUT2D eigenvalue weighted by atomic mass is 79.9. The molecule has 0 aliphatic heterocycles. The van der Waals surface area contributed by atoms with E-state index in [1.165, 1.54) is 6.07 Å². The molecule has 0 saturated carbocycles. The van der Waals surface area contributed by atoms with Crippen molar-refractivity contribution in [2.24, 2.45) is 0 Å². The number of fused-ring (bicyclic) bond motifs is 1. The minimum absolute atomic E-state index is 0.299. The first kappa shape index (κ1) is 9.55. The SMILES string of the molecule is O=c1[nH]c2c(Br)c(Cl)ccc2cc1O. The third kappa shape index (κ3) is 1.40. The molecule has 0 spiro atoms. The van der Waals surface area contributed by atoms with Crippen molar-refractivity contribution < 1.29 is 5.11 Å². The number of hydrogen-bond acceptors (Lipinski definition) is 2. The maximum Gasteiger partial charge on any atom is 0.290 e. The van der Waals surface area contributed by atoms with Crippen LogP contribution in [0.1, 0.15) is 0 Å². The Bertz CT molecular complexity index is 564. The van der Waals surface area contributed by atoms with E-state index in [0.717, 1.165) is 5.39 Å². The highest BCUT2D eigenvalue weighted by Gasteiger charge is 2.06. The van der Waals surface area contributed by atoms with Crippen molar-refractivity contribution in [3.8, 4) is 5.75 Å². The second-order valence-electron chi connectivity index (χ2n) is 2.81. The molecule has 0 atom stereocenters. The van der Waals surface area contributed by atoms with Crippen LogP contribution in [0.4, 0.5) is 0 Å². The number of rotatable bonds is 0. The van der Waals surface area contributed by atoms with Crippen LogP contribution in [-0.4, -0.2) is 10.1 Å². The van der Waals surface area contributed by atoms with Gasteiger partial charge in [0.25, 0.3) is 5.56 Å². The number of nitrogens with one attached hydrogen (secondary N) is 1. The van der Waals surface area contributed by atoms with E-state index in [-0.39, 0.29) is 5.75 Å². The minimum Gasteiger partial charge on any atom is -0.503 e. The van der Waals surface area contributed by atoms with Gasteiger partial charge in [-0.1, -0.05) is 17.7 Å². The molecule has 14 heavy (non-hydrogen) atoms. The highest BCUT2D eigenvalue weighted by Crippen LogP contribution is 2.29. The molecule has 0 aliphatic rings. The summed E-state index contributed by atoms with van der Waals surface area (Å²) in [6, 6.07) is 4.80. The molecule has 0 amide bonds. The van der Waals surface area contributed by atoms with Gasteiger partial charge < -0.3 is 10.1 Å². The van der Waals surface area contributed by atoms with Crippen molar-refractivity contribution in [3.05, 3.63) is 38.0 Å². The first-order valence-electron chi connectivity index (χ1n) is 3.79. The van der Waals surface area contributed by atoms with Crippen LogP contribution in [0.25, 0.3) is 10.9 Å². The molecule has 1 heterocycles. The average molecular weight is 275 g/mol. The zero-order chi connectivity index (χ0) is 10.3. The summed E-state index contributed by atoms with van der Waals surface area (Å²) in [7, 11) is 0. The number of aromatic hydroxyl groups is 1. The van der Waals surface area contributed by atoms with Crippen LogP contribution in [0, 0.1) is 0 Å². The molecule has 1 aromatic carbocycles. The molecule has 0 bridgehead atoms. The number of H-pyrrole nitrogens is 1. The monoisotopic (exact) mass is 273 g/mol. The lowest BCUT2D eigenvalue weighted by molar-refractivity contribution is 0.468. The zero-order valence-corrected chi connectivity index (χ0v) is 9.19. The summed E-state index contributed by atoms with van der Waals surface area (Å²) in [6.45, 7) is 0. The van der Waals surface area contributed by atoms with Gasteiger partial charge in [-0.15, -0.1) is 0 Å². The molecule has 0 fully saturated rings. The van der Waals surface area contributed by atoms with Gasteiger partial charge in [0.1, 0.15) is 0 Å². The molecule has 2 N–H and O–H groups in total. The van der Waals surface area contributed by atoms with E-state index >= 15 is 0 Å². The van der Waals surface area contributed by atoms with Crippen LogP contribution >= 0.6 is 27.5 Å². The van der Waals surface area contributed by atoms with E-state index in [1.54, 1.807) is 12.1 Å². The molecule has 0 radical (unpaired) electrons. The van der Waals surface area contributed by atoms with Gasteiger partial charge in [-0.25, -0.2) is 0 Å². The van der Waals surface area contributed by atoms with Gasteiger partial charge in [-0.2, -0.15) is 0 Å². The third-order valence-corrected chi connectivity index (χ3v) is 3.26. The van der Waals surface area contributed by atoms with Gasteiger partial charge in [0, 0.05) is 5.39 Å². The minimum atomic E-state index is -0.527. The molecule has 0 unspecified atom stereocenters. The molecule has 2 aromatic rings. The number of hydrogen-bond donors (Lipinski definition) is 2. The fraction of sp³-hybridized carbons (Fsp3) is 0. The molecule has 5 heteroatoms. The fourth-order valence-electron chi connectivity index (χ4n) is 1.20. The summed E-state index contributed by atoms with van der Waals surface area (Å²) in [5, 5.41) is 10.4. The lowest BCUT2D eigenvalue weighted by Crippen LogP contribution is -2.04. The molecule has 72 valence electrons. The van der Waals surface area contributed by atoms with E-state index < -0.39 is 5.56 Å². The number of pyridine rings is 1. The van der Waals surface area contributed by atoms with Crippen molar-refractivity contribution in [1.82, 2.24) is 4.98 Å². The van der Waals surface area contributed by atoms with Gasteiger partial charge in [0.05, 0.1) is 15.0 Å². The predicted octanol–water partition coefficient (Wildman–Crippen LogP) is 2.65. The van der Waals surface area contributed by atoms with Crippen LogP contribution in [0.3, 0.4) is 0 Å². The Kier molecular flexibility index (Phi) is 2.25. The van der Waals surface area contributed by atoms with Gasteiger partial charge in [0.2, 0.25) is 0 Å². The molecular formula is C9H5BrClNO2. The van der Waals surface area contributed by atoms with Crippen LogP contribution < -0.4 is 5.56 Å². The summed E-state index contributed by atoms with van der Waals surface area (Å²) >= 11 is 9.10. The second kappa shape index (κ2) is 3.29. The maximum atomic E-state index is 11.1. The normalized spacial score (nSPS) is 10.7. The van der Waals surface area contributed by atoms with E-state index in [4.69, 9.17) is 11.6 Å². The van der Waals surface area contributed by atoms with Crippen molar-refractivity contribution in [2.75, 3.05) is 0 Å². The van der Waals surface area contributed by atoms with Gasteiger partial charge in [0.15, 0.2) is 5.75 Å². The third-order valence-electron chi connectivity index (χ3n) is 1.89.